The van der Waals surface area contributed by atoms with Gasteiger partial charge < -0.3 is 4.74 Å². The summed E-state index contributed by atoms with van der Waals surface area (Å²) >= 11 is 5.34. The van der Waals surface area contributed by atoms with Crippen LogP contribution in [0.5, 0.6) is 0 Å². The van der Waals surface area contributed by atoms with Crippen LogP contribution < -0.4 is 0 Å². The first kappa shape index (κ1) is 9.07. The maximum Gasteiger partial charge on any atom is 0.233 e. The summed E-state index contributed by atoms with van der Waals surface area (Å²) < 4.78 is 8.71. The highest BCUT2D eigenvalue weighted by atomic mass is 35.5. The maximum absolute atomic E-state index is 5.34. The van der Waals surface area contributed by atoms with Gasteiger partial charge in [-0.05, 0) is 19.1 Å². The van der Waals surface area contributed by atoms with E-state index in [-0.39, 0.29) is 0 Å². The molecular weight excluding hydrogens is 174 g/mol. The fourth-order valence-corrected chi connectivity index (χ4v) is 1.02. The van der Waals surface area contributed by atoms with Crippen molar-refractivity contribution in [2.45, 2.75) is 6.92 Å². The molecule has 0 aliphatic carbocycles. The number of hydrogen-bond acceptors (Lipinski definition) is 2. The summed E-state index contributed by atoms with van der Waals surface area (Å²) in [6.07, 6.45) is 0. The zero-order valence-electron chi connectivity index (χ0n) is 6.83. The summed E-state index contributed by atoms with van der Waals surface area (Å²) in [4.78, 5) is 0. The minimum absolute atomic E-state index is 0.472. The Bertz CT molecular complexity index is 258. The summed E-state index contributed by atoms with van der Waals surface area (Å²) in [6, 6.07) is 9.56. The summed E-state index contributed by atoms with van der Waals surface area (Å²) in [7, 11) is 0. The first-order valence-corrected chi connectivity index (χ1v) is 4.09. The molecule has 0 atom stereocenters. The van der Waals surface area contributed by atoms with Crippen LogP contribution in [0, 0.1) is 0 Å². The Morgan fingerprint density at radius 2 is 2.08 bits per heavy atom. The summed E-state index contributed by atoms with van der Waals surface area (Å²) in [6.45, 7) is 2.46. The van der Waals surface area contributed by atoms with Gasteiger partial charge in [0.2, 0.25) is 5.90 Å². The molecule has 3 heteroatoms. The molecule has 1 aromatic rings. The highest BCUT2D eigenvalue weighted by Gasteiger charge is 2.01. The molecule has 0 bridgehead atoms. The maximum atomic E-state index is 5.34. The van der Waals surface area contributed by atoms with Gasteiger partial charge >= 0.3 is 0 Å². The van der Waals surface area contributed by atoms with Crippen LogP contribution in [-0.4, -0.2) is 12.5 Å². The van der Waals surface area contributed by atoms with Crippen molar-refractivity contribution in [3.05, 3.63) is 35.9 Å². The van der Waals surface area contributed by atoms with E-state index < -0.39 is 0 Å². The number of nitrogens with zero attached hydrogens (tertiary/aromatic N) is 1. The van der Waals surface area contributed by atoms with Crippen LogP contribution in [0.25, 0.3) is 0 Å². The third kappa shape index (κ3) is 2.24. The van der Waals surface area contributed by atoms with Gasteiger partial charge in [-0.2, -0.15) is 0 Å². The largest absolute Gasteiger partial charge is 0.477 e. The predicted molar refractivity (Wildman–Crippen MR) is 50.5 cm³/mol. The number of benzene rings is 1. The average Bonchev–Trinajstić information content (AvgIpc) is 2.15. The minimum atomic E-state index is 0.472. The van der Waals surface area contributed by atoms with Gasteiger partial charge in [-0.25, -0.2) is 0 Å². The molecule has 0 spiro atoms. The fourth-order valence-electron chi connectivity index (χ4n) is 0.874. The Morgan fingerprint density at radius 3 is 2.58 bits per heavy atom. The van der Waals surface area contributed by atoms with Gasteiger partial charge in [0.25, 0.3) is 0 Å². The SMILES string of the molecule is CCO/C(=N/Cl)c1ccccc1. The van der Waals surface area contributed by atoms with Crippen LogP contribution >= 0.6 is 11.8 Å². The van der Waals surface area contributed by atoms with Crippen LogP contribution in [0.15, 0.2) is 34.8 Å². The smallest absolute Gasteiger partial charge is 0.233 e. The molecule has 0 saturated heterocycles. The quantitative estimate of drug-likeness (QED) is 0.510. The molecule has 1 aromatic carbocycles. The highest BCUT2D eigenvalue weighted by molar-refractivity contribution is 6.21. The summed E-state index contributed by atoms with van der Waals surface area (Å²) in [5.74, 6) is 0.472. The Labute approximate surface area is 77.0 Å². The molecule has 12 heavy (non-hydrogen) atoms. The lowest BCUT2D eigenvalue weighted by Crippen LogP contribution is -2.04. The molecule has 0 aliphatic heterocycles. The first-order valence-electron chi connectivity index (χ1n) is 3.75. The molecule has 0 unspecified atom stereocenters. The van der Waals surface area contributed by atoms with Crippen LogP contribution in [0.1, 0.15) is 12.5 Å². The van der Waals surface area contributed by atoms with E-state index in [4.69, 9.17) is 16.5 Å². The lowest BCUT2D eigenvalue weighted by molar-refractivity contribution is 0.329. The van der Waals surface area contributed by atoms with Crippen molar-refractivity contribution in [3.63, 3.8) is 0 Å². The van der Waals surface area contributed by atoms with Crippen molar-refractivity contribution in [3.8, 4) is 0 Å². The molecule has 0 radical (unpaired) electrons. The number of hydrogen-bond donors (Lipinski definition) is 0. The van der Waals surface area contributed by atoms with Crippen molar-refractivity contribution in [2.75, 3.05) is 6.61 Å². The normalized spacial score (nSPS) is 11.3. The van der Waals surface area contributed by atoms with Crippen LogP contribution in [0.2, 0.25) is 0 Å². The van der Waals surface area contributed by atoms with Crippen molar-refractivity contribution in [2.24, 2.45) is 4.51 Å². The van der Waals surface area contributed by atoms with Gasteiger partial charge in [0.15, 0.2) is 0 Å². The van der Waals surface area contributed by atoms with Crippen molar-refractivity contribution in [1.82, 2.24) is 0 Å². The monoisotopic (exact) mass is 183 g/mol. The molecule has 0 N–H and O–H groups in total. The Hall–Kier alpha value is -1.02. The van der Waals surface area contributed by atoms with Crippen molar-refractivity contribution in [1.29, 1.82) is 0 Å². The number of ether oxygens (including phenoxy) is 1. The van der Waals surface area contributed by atoms with Gasteiger partial charge in [-0.1, -0.05) is 18.2 Å². The van der Waals surface area contributed by atoms with E-state index >= 15 is 0 Å². The fraction of sp³-hybridized carbons (Fsp3) is 0.222. The van der Waals surface area contributed by atoms with Crippen molar-refractivity contribution >= 4 is 17.7 Å². The van der Waals surface area contributed by atoms with E-state index in [0.717, 1.165) is 5.56 Å². The third-order valence-corrected chi connectivity index (χ3v) is 1.53. The zero-order chi connectivity index (χ0) is 8.81. The average molecular weight is 184 g/mol. The zero-order valence-corrected chi connectivity index (χ0v) is 7.58. The van der Waals surface area contributed by atoms with E-state index in [2.05, 4.69) is 4.51 Å². The lowest BCUT2D eigenvalue weighted by atomic mass is 10.2. The second kappa shape index (κ2) is 4.78. The van der Waals surface area contributed by atoms with Gasteiger partial charge in [-0.3, -0.25) is 0 Å². The van der Waals surface area contributed by atoms with Crippen LogP contribution in [-0.2, 0) is 4.74 Å². The van der Waals surface area contributed by atoms with Crippen LogP contribution in [0.4, 0.5) is 0 Å². The minimum Gasteiger partial charge on any atom is -0.477 e. The Morgan fingerprint density at radius 1 is 1.42 bits per heavy atom. The van der Waals surface area contributed by atoms with Gasteiger partial charge in [-0.15, -0.1) is 4.51 Å². The van der Waals surface area contributed by atoms with E-state index in [1.54, 1.807) is 0 Å². The molecule has 0 fully saturated rings. The van der Waals surface area contributed by atoms with E-state index in [1.165, 1.54) is 0 Å². The van der Waals surface area contributed by atoms with Gasteiger partial charge in [0.05, 0.1) is 6.61 Å². The van der Waals surface area contributed by atoms with Crippen molar-refractivity contribution < 1.29 is 4.74 Å². The molecule has 0 amide bonds. The summed E-state index contributed by atoms with van der Waals surface area (Å²) in [5, 5.41) is 0. The number of halogens is 1. The molecule has 2 nitrogen and oxygen atoms in total. The molecule has 0 aromatic heterocycles. The molecule has 64 valence electrons. The van der Waals surface area contributed by atoms with Gasteiger partial charge in [0.1, 0.15) is 0 Å². The highest BCUT2D eigenvalue weighted by Crippen LogP contribution is 2.03. The molecule has 0 heterocycles. The molecule has 0 saturated carbocycles. The van der Waals surface area contributed by atoms with Crippen LogP contribution in [0.3, 0.4) is 0 Å². The van der Waals surface area contributed by atoms with Gasteiger partial charge in [0, 0.05) is 17.3 Å². The second-order valence-corrected chi connectivity index (χ2v) is 2.36. The molecule has 0 aliphatic rings. The molecule has 1 rings (SSSR count). The van der Waals surface area contributed by atoms with E-state index in [9.17, 15) is 0 Å². The standard InChI is InChI=1S/C9H10ClNO/c1-2-12-9(11-10)8-6-4-3-5-7-8/h3-7H,2H2,1H3/b11-9+. The summed E-state index contributed by atoms with van der Waals surface area (Å²) in [5.41, 5.74) is 0.898. The third-order valence-electron chi connectivity index (χ3n) is 1.38. The van der Waals surface area contributed by atoms with E-state index in [0.29, 0.717) is 12.5 Å². The number of rotatable bonds is 2. The first-order chi connectivity index (χ1) is 5.88. The Kier molecular flexibility index (Phi) is 3.61. The topological polar surface area (TPSA) is 21.6 Å². The lowest BCUT2D eigenvalue weighted by Gasteiger charge is -2.03. The molecular formula is C9H10ClNO. The Balaban J connectivity index is 2.82. The van der Waals surface area contributed by atoms with E-state index in [1.807, 2.05) is 37.3 Å². The predicted octanol–water partition coefficient (Wildman–Crippen LogP) is 2.62. The second-order valence-electron chi connectivity index (χ2n) is 2.19.